The molecule has 0 saturated carbocycles. The summed E-state index contributed by atoms with van der Waals surface area (Å²) in [6.07, 6.45) is 0. The Morgan fingerprint density at radius 2 is 1.57 bits per heavy atom. The lowest BCUT2D eigenvalue weighted by atomic mass is 10.2. The van der Waals surface area contributed by atoms with Crippen LogP contribution < -0.4 is 15.8 Å². The fourth-order valence-electron chi connectivity index (χ4n) is 2.32. The van der Waals surface area contributed by atoms with Crippen molar-refractivity contribution < 1.29 is 13.2 Å². The van der Waals surface area contributed by atoms with Crippen LogP contribution in [0.15, 0.2) is 29.2 Å². The van der Waals surface area contributed by atoms with E-state index in [-0.39, 0.29) is 35.6 Å². The predicted octanol–water partition coefficient (Wildman–Crippen LogP) is 0.173. The Balaban J connectivity index is 0.00000242. The van der Waals surface area contributed by atoms with Crippen LogP contribution in [-0.2, 0) is 14.8 Å². The summed E-state index contributed by atoms with van der Waals surface area (Å²) in [4.78, 5) is 15.7. The lowest BCUT2D eigenvalue weighted by Gasteiger charge is -2.36. The minimum Gasteiger partial charge on any atom is -0.368 e. The highest BCUT2D eigenvalue weighted by Crippen LogP contribution is 2.19. The molecule has 1 aromatic rings. The average Bonchev–Trinajstić information content (AvgIpc) is 2.46. The summed E-state index contributed by atoms with van der Waals surface area (Å²) in [6, 6.07) is 5.95. The third-order valence-corrected chi connectivity index (χ3v) is 4.44. The number of benzene rings is 1. The molecule has 0 aromatic heterocycles. The van der Waals surface area contributed by atoms with Gasteiger partial charge in [-0.05, 0) is 31.2 Å². The van der Waals surface area contributed by atoms with Crippen molar-refractivity contribution in [2.75, 3.05) is 31.1 Å². The zero-order valence-corrected chi connectivity index (χ0v) is 15.2. The van der Waals surface area contributed by atoms with E-state index in [1.807, 2.05) is 0 Å². The van der Waals surface area contributed by atoms with Crippen LogP contribution in [0, 0.1) is 0 Å². The number of carbonyl (C=O) groups is 1. The van der Waals surface area contributed by atoms with Crippen molar-refractivity contribution in [3.63, 3.8) is 0 Å². The molecule has 1 saturated heterocycles. The fraction of sp³-hybridized carbons (Fsp3) is 0.462. The van der Waals surface area contributed by atoms with Crippen molar-refractivity contribution in [1.29, 1.82) is 0 Å². The smallest absolute Gasteiger partial charge is 0.239 e. The number of hydrogen-bond acceptors (Lipinski definition) is 5. The highest BCUT2D eigenvalue weighted by Gasteiger charge is 2.23. The first-order valence-electron chi connectivity index (χ1n) is 6.71. The van der Waals surface area contributed by atoms with Crippen molar-refractivity contribution in [2.24, 2.45) is 10.9 Å². The molecule has 1 aliphatic rings. The van der Waals surface area contributed by atoms with E-state index in [2.05, 4.69) is 4.90 Å². The highest BCUT2D eigenvalue weighted by atomic mass is 35.5. The minimum atomic E-state index is -3.67. The Bertz CT molecular complexity index is 615. The van der Waals surface area contributed by atoms with Crippen LogP contribution in [0.25, 0.3) is 0 Å². The Hall–Kier alpha value is -1.06. The van der Waals surface area contributed by atoms with Crippen molar-refractivity contribution in [2.45, 2.75) is 17.9 Å². The van der Waals surface area contributed by atoms with Crippen molar-refractivity contribution >= 4 is 46.4 Å². The van der Waals surface area contributed by atoms with E-state index in [1.54, 1.807) is 24.0 Å². The molecule has 0 bridgehead atoms. The molecule has 132 valence electrons. The molecule has 1 fully saturated rings. The zero-order valence-electron chi connectivity index (χ0n) is 12.7. The third kappa shape index (κ3) is 5.50. The van der Waals surface area contributed by atoms with Gasteiger partial charge in [0.2, 0.25) is 15.9 Å². The first kappa shape index (κ1) is 21.9. The maximum absolute atomic E-state index is 11.8. The molecule has 4 N–H and O–H groups in total. The second kappa shape index (κ2) is 8.70. The lowest BCUT2D eigenvalue weighted by Crippen LogP contribution is -2.52. The number of nitrogens with two attached hydrogens (primary N) is 2. The molecule has 10 heteroatoms. The van der Waals surface area contributed by atoms with E-state index in [0.29, 0.717) is 26.2 Å². The number of rotatable bonds is 3. The Morgan fingerprint density at radius 1 is 1.09 bits per heavy atom. The van der Waals surface area contributed by atoms with Crippen molar-refractivity contribution in [1.82, 2.24) is 4.90 Å². The third-order valence-electron chi connectivity index (χ3n) is 3.51. The van der Waals surface area contributed by atoms with E-state index in [1.165, 1.54) is 12.1 Å². The van der Waals surface area contributed by atoms with Crippen LogP contribution in [-0.4, -0.2) is 51.4 Å². The Labute approximate surface area is 148 Å². The monoisotopic (exact) mass is 384 g/mol. The van der Waals surface area contributed by atoms with Crippen molar-refractivity contribution in [3.05, 3.63) is 24.3 Å². The molecule has 1 aliphatic heterocycles. The molecule has 0 unspecified atom stereocenters. The van der Waals surface area contributed by atoms with E-state index < -0.39 is 16.1 Å². The highest BCUT2D eigenvalue weighted by molar-refractivity contribution is 7.89. The van der Waals surface area contributed by atoms with Gasteiger partial charge in [-0.1, -0.05) is 0 Å². The molecule has 7 nitrogen and oxygen atoms in total. The molecular weight excluding hydrogens is 363 g/mol. The number of halogens is 2. The minimum absolute atomic E-state index is 0. The van der Waals surface area contributed by atoms with Crippen LogP contribution in [0.1, 0.15) is 6.92 Å². The average molecular weight is 385 g/mol. The second-order valence-corrected chi connectivity index (χ2v) is 6.70. The Kier molecular flexibility index (Phi) is 8.30. The summed E-state index contributed by atoms with van der Waals surface area (Å²) in [5.41, 5.74) is 6.51. The number of amides is 1. The van der Waals surface area contributed by atoms with Gasteiger partial charge in [-0.3, -0.25) is 4.79 Å². The molecule has 23 heavy (non-hydrogen) atoms. The first-order valence-corrected chi connectivity index (χ1v) is 8.26. The number of carbonyl (C=O) groups excluding carboxylic acids is 1. The largest absolute Gasteiger partial charge is 0.368 e. The van der Waals surface area contributed by atoms with Crippen LogP contribution in [0.2, 0.25) is 0 Å². The van der Waals surface area contributed by atoms with Gasteiger partial charge in [0.25, 0.3) is 0 Å². The van der Waals surface area contributed by atoms with Gasteiger partial charge in [-0.25, -0.2) is 13.6 Å². The van der Waals surface area contributed by atoms with Gasteiger partial charge >= 0.3 is 0 Å². The van der Waals surface area contributed by atoms with Gasteiger partial charge in [0.15, 0.2) is 0 Å². The molecule has 1 atom stereocenters. The van der Waals surface area contributed by atoms with Crippen LogP contribution >= 0.6 is 24.8 Å². The second-order valence-electron chi connectivity index (χ2n) is 5.14. The summed E-state index contributed by atoms with van der Waals surface area (Å²) < 4.78 is 22.4. The van der Waals surface area contributed by atoms with Crippen LogP contribution in [0.5, 0.6) is 0 Å². The van der Waals surface area contributed by atoms with Gasteiger partial charge in [-0.15, -0.1) is 24.8 Å². The van der Waals surface area contributed by atoms with E-state index >= 15 is 0 Å². The molecule has 0 radical (unpaired) electrons. The molecule has 1 heterocycles. The summed E-state index contributed by atoms with van der Waals surface area (Å²) in [5.74, 6) is -0.0424. The molecule has 0 spiro atoms. The number of sulfonamides is 1. The maximum atomic E-state index is 11.8. The predicted molar refractivity (Wildman–Crippen MR) is 94.8 cm³/mol. The molecule has 1 aromatic carbocycles. The lowest BCUT2D eigenvalue weighted by molar-refractivity contribution is -0.132. The SMILES string of the molecule is C[C@@H](N)C(=O)N1CCN(c2ccc(S(N)(=O)=O)cc2)CC1.Cl.Cl. The van der Waals surface area contributed by atoms with Crippen molar-refractivity contribution in [3.8, 4) is 0 Å². The normalized spacial score (nSPS) is 16.1. The zero-order chi connectivity index (χ0) is 15.6. The molecule has 2 rings (SSSR count). The van der Waals surface area contributed by atoms with Gasteiger partial charge in [0, 0.05) is 31.9 Å². The van der Waals surface area contributed by atoms with Gasteiger partial charge in [0.05, 0.1) is 10.9 Å². The fourth-order valence-corrected chi connectivity index (χ4v) is 2.84. The van der Waals surface area contributed by atoms with Gasteiger partial charge < -0.3 is 15.5 Å². The van der Waals surface area contributed by atoms with Crippen LogP contribution in [0.3, 0.4) is 0 Å². The quantitative estimate of drug-likeness (QED) is 0.771. The maximum Gasteiger partial charge on any atom is 0.239 e. The summed E-state index contributed by atoms with van der Waals surface area (Å²) in [6.45, 7) is 4.27. The van der Waals surface area contributed by atoms with Crippen LogP contribution in [0.4, 0.5) is 5.69 Å². The number of anilines is 1. The topological polar surface area (TPSA) is 110 Å². The Morgan fingerprint density at radius 3 is 1.96 bits per heavy atom. The number of nitrogens with zero attached hydrogens (tertiary/aromatic N) is 2. The van der Waals surface area contributed by atoms with Gasteiger partial charge in [-0.2, -0.15) is 0 Å². The van der Waals surface area contributed by atoms with E-state index in [9.17, 15) is 13.2 Å². The summed E-state index contributed by atoms with van der Waals surface area (Å²) in [7, 11) is -3.67. The standard InChI is InChI=1S/C13H20N4O3S.2ClH/c1-10(14)13(18)17-8-6-16(7-9-17)11-2-4-12(5-3-11)21(15,19)20;;/h2-5,10H,6-9,14H2,1H3,(H2,15,19,20);2*1H/t10-;;/m1../s1. The number of hydrogen-bond donors (Lipinski definition) is 2. The molecular formula is C13H22Cl2N4O3S. The summed E-state index contributed by atoms with van der Waals surface area (Å²) >= 11 is 0. The first-order chi connectivity index (χ1) is 9.79. The molecule has 0 aliphatic carbocycles. The molecule has 1 amide bonds. The summed E-state index contributed by atoms with van der Waals surface area (Å²) in [5, 5.41) is 5.07. The number of primary sulfonamides is 1. The van der Waals surface area contributed by atoms with E-state index in [4.69, 9.17) is 10.9 Å². The van der Waals surface area contributed by atoms with Gasteiger partial charge in [0.1, 0.15) is 0 Å². The number of piperazine rings is 1. The van der Waals surface area contributed by atoms with E-state index in [0.717, 1.165) is 5.69 Å².